The van der Waals surface area contributed by atoms with E-state index >= 15 is 0 Å². The van der Waals surface area contributed by atoms with Crippen LogP contribution in [0.15, 0.2) is 35.1 Å². The second-order valence-electron chi connectivity index (χ2n) is 4.52. The fourth-order valence-electron chi connectivity index (χ4n) is 2.08. The van der Waals surface area contributed by atoms with Crippen molar-refractivity contribution in [3.8, 4) is 5.75 Å². The lowest BCUT2D eigenvalue weighted by molar-refractivity contribution is 0.219. The van der Waals surface area contributed by atoms with Crippen molar-refractivity contribution in [1.82, 2.24) is 4.98 Å². The summed E-state index contributed by atoms with van der Waals surface area (Å²) in [6.07, 6.45) is 2.69. The minimum atomic E-state index is -0.686. The number of rotatable bonds is 3. The number of aliphatic hydroxyl groups excluding tert-OH is 1. The van der Waals surface area contributed by atoms with E-state index in [0.717, 1.165) is 32.5 Å². The molecule has 0 saturated carbocycles. The molecule has 0 spiro atoms. The Labute approximate surface area is 121 Å². The molecule has 2 rings (SSSR count). The molecule has 1 aromatic heterocycles. The number of halogens is 1. The number of hydrogen-bond acceptors (Lipinski definition) is 3. The zero-order chi connectivity index (χ0) is 14.0. The fourth-order valence-corrected chi connectivity index (χ4v) is 2.47. The summed E-state index contributed by atoms with van der Waals surface area (Å²) >= 11 is 3.37. The smallest absolute Gasteiger partial charge is 0.122 e. The Morgan fingerprint density at radius 3 is 2.53 bits per heavy atom. The molecule has 1 heterocycles. The van der Waals surface area contributed by atoms with Gasteiger partial charge in [-0.05, 0) is 64.7 Å². The van der Waals surface area contributed by atoms with E-state index in [9.17, 15) is 5.11 Å². The first-order chi connectivity index (χ1) is 9.02. The molecule has 0 amide bonds. The molecule has 3 nitrogen and oxygen atoms in total. The van der Waals surface area contributed by atoms with Gasteiger partial charge in [-0.2, -0.15) is 0 Å². The standard InChI is InChI=1S/C15H16BrNO2/c1-9-5-14(19-3)10(2)4-13(9)15(18)11-6-12(16)8-17-7-11/h4-8,15,18H,1-3H3. The fraction of sp³-hybridized carbons (Fsp3) is 0.267. The maximum absolute atomic E-state index is 10.5. The second kappa shape index (κ2) is 5.72. The van der Waals surface area contributed by atoms with Crippen LogP contribution in [0.25, 0.3) is 0 Å². The monoisotopic (exact) mass is 321 g/mol. The van der Waals surface area contributed by atoms with E-state index in [2.05, 4.69) is 20.9 Å². The van der Waals surface area contributed by atoms with Crippen molar-refractivity contribution >= 4 is 15.9 Å². The van der Waals surface area contributed by atoms with E-state index < -0.39 is 6.10 Å². The summed E-state index contributed by atoms with van der Waals surface area (Å²) in [5, 5.41) is 10.5. The molecular formula is C15H16BrNO2. The molecule has 0 bridgehead atoms. The van der Waals surface area contributed by atoms with Gasteiger partial charge in [0.25, 0.3) is 0 Å². The normalized spacial score (nSPS) is 12.3. The Hall–Kier alpha value is -1.39. The summed E-state index contributed by atoms with van der Waals surface area (Å²) in [4.78, 5) is 4.09. The third kappa shape index (κ3) is 2.96. The van der Waals surface area contributed by atoms with Crippen LogP contribution in [-0.2, 0) is 0 Å². The van der Waals surface area contributed by atoms with E-state index in [0.29, 0.717) is 0 Å². The van der Waals surface area contributed by atoms with E-state index in [1.165, 1.54) is 0 Å². The molecule has 1 N–H and O–H groups in total. The minimum Gasteiger partial charge on any atom is -0.496 e. The van der Waals surface area contributed by atoms with Crippen LogP contribution in [0.1, 0.15) is 28.4 Å². The third-order valence-electron chi connectivity index (χ3n) is 3.12. The quantitative estimate of drug-likeness (QED) is 0.940. The SMILES string of the molecule is COc1cc(C)c(C(O)c2cncc(Br)c2)cc1C. The zero-order valence-corrected chi connectivity index (χ0v) is 12.7. The lowest BCUT2D eigenvalue weighted by atomic mass is 9.96. The summed E-state index contributed by atoms with van der Waals surface area (Å²) < 4.78 is 6.14. The number of methoxy groups -OCH3 is 1. The van der Waals surface area contributed by atoms with Gasteiger partial charge in [-0.15, -0.1) is 0 Å². The van der Waals surface area contributed by atoms with Gasteiger partial charge in [0.05, 0.1) is 7.11 Å². The Kier molecular flexibility index (Phi) is 4.22. The molecular weight excluding hydrogens is 306 g/mol. The molecule has 0 aliphatic heterocycles. The first-order valence-electron chi connectivity index (χ1n) is 5.96. The van der Waals surface area contributed by atoms with Gasteiger partial charge in [-0.3, -0.25) is 4.98 Å². The largest absolute Gasteiger partial charge is 0.496 e. The van der Waals surface area contributed by atoms with Gasteiger partial charge in [0, 0.05) is 22.4 Å². The molecule has 100 valence electrons. The van der Waals surface area contributed by atoms with Crippen molar-refractivity contribution in [2.75, 3.05) is 7.11 Å². The van der Waals surface area contributed by atoms with Gasteiger partial charge in [0.15, 0.2) is 0 Å². The number of hydrogen-bond donors (Lipinski definition) is 1. The van der Waals surface area contributed by atoms with Crippen LogP contribution in [0.4, 0.5) is 0 Å². The molecule has 1 aromatic carbocycles. The van der Waals surface area contributed by atoms with Crippen LogP contribution in [0.3, 0.4) is 0 Å². The average Bonchev–Trinajstić information content (AvgIpc) is 2.40. The number of aliphatic hydroxyl groups is 1. The summed E-state index contributed by atoms with van der Waals surface area (Å²) in [5.74, 6) is 0.834. The van der Waals surface area contributed by atoms with Crippen LogP contribution < -0.4 is 4.74 Å². The Bertz CT molecular complexity index is 599. The first-order valence-corrected chi connectivity index (χ1v) is 6.76. The van der Waals surface area contributed by atoms with Gasteiger partial charge in [-0.1, -0.05) is 0 Å². The summed E-state index contributed by atoms with van der Waals surface area (Å²) in [5.41, 5.74) is 3.64. The van der Waals surface area contributed by atoms with Crippen molar-refractivity contribution in [3.05, 3.63) is 57.3 Å². The van der Waals surface area contributed by atoms with Crippen molar-refractivity contribution in [1.29, 1.82) is 0 Å². The average molecular weight is 322 g/mol. The van der Waals surface area contributed by atoms with Gasteiger partial charge in [0.1, 0.15) is 11.9 Å². The molecule has 19 heavy (non-hydrogen) atoms. The molecule has 4 heteroatoms. The zero-order valence-electron chi connectivity index (χ0n) is 11.1. The molecule has 1 atom stereocenters. The first kappa shape index (κ1) is 14.0. The molecule has 2 aromatic rings. The second-order valence-corrected chi connectivity index (χ2v) is 5.43. The van der Waals surface area contributed by atoms with Gasteiger partial charge in [-0.25, -0.2) is 0 Å². The highest BCUT2D eigenvalue weighted by molar-refractivity contribution is 9.10. The van der Waals surface area contributed by atoms with Crippen molar-refractivity contribution in [2.24, 2.45) is 0 Å². The van der Waals surface area contributed by atoms with Crippen LogP contribution in [0.5, 0.6) is 5.75 Å². The number of pyridine rings is 1. The maximum atomic E-state index is 10.5. The molecule has 0 aliphatic rings. The maximum Gasteiger partial charge on any atom is 0.122 e. The van der Waals surface area contributed by atoms with Gasteiger partial charge >= 0.3 is 0 Å². The Balaban J connectivity index is 2.44. The topological polar surface area (TPSA) is 42.4 Å². The highest BCUT2D eigenvalue weighted by Crippen LogP contribution is 2.30. The van der Waals surface area contributed by atoms with Crippen LogP contribution in [0.2, 0.25) is 0 Å². The Morgan fingerprint density at radius 2 is 1.89 bits per heavy atom. The molecule has 1 unspecified atom stereocenters. The van der Waals surface area contributed by atoms with Crippen LogP contribution in [0, 0.1) is 13.8 Å². The molecule has 0 aliphatic carbocycles. The molecule has 0 fully saturated rings. The van der Waals surface area contributed by atoms with Crippen molar-refractivity contribution < 1.29 is 9.84 Å². The molecule has 0 radical (unpaired) electrons. The minimum absolute atomic E-state index is 0.686. The number of aryl methyl sites for hydroxylation is 2. The Morgan fingerprint density at radius 1 is 1.16 bits per heavy atom. The third-order valence-corrected chi connectivity index (χ3v) is 3.55. The molecule has 0 saturated heterocycles. The predicted octanol–water partition coefficient (Wildman–Crippen LogP) is 3.55. The number of benzene rings is 1. The lowest BCUT2D eigenvalue weighted by Gasteiger charge is -2.16. The highest BCUT2D eigenvalue weighted by Gasteiger charge is 2.15. The highest BCUT2D eigenvalue weighted by atomic mass is 79.9. The van der Waals surface area contributed by atoms with Crippen molar-refractivity contribution in [3.63, 3.8) is 0 Å². The predicted molar refractivity (Wildman–Crippen MR) is 78.5 cm³/mol. The number of nitrogens with zero attached hydrogens (tertiary/aromatic N) is 1. The summed E-state index contributed by atoms with van der Waals surface area (Å²) in [6.45, 7) is 3.93. The van der Waals surface area contributed by atoms with Crippen molar-refractivity contribution in [2.45, 2.75) is 20.0 Å². The van der Waals surface area contributed by atoms with Gasteiger partial charge in [0.2, 0.25) is 0 Å². The summed E-state index contributed by atoms with van der Waals surface area (Å²) in [7, 11) is 1.65. The van der Waals surface area contributed by atoms with E-state index in [4.69, 9.17) is 4.74 Å². The van der Waals surface area contributed by atoms with E-state index in [1.54, 1.807) is 19.5 Å². The van der Waals surface area contributed by atoms with E-state index in [-0.39, 0.29) is 0 Å². The number of ether oxygens (including phenoxy) is 1. The van der Waals surface area contributed by atoms with E-state index in [1.807, 2.05) is 32.0 Å². The van der Waals surface area contributed by atoms with Crippen LogP contribution >= 0.6 is 15.9 Å². The number of aromatic nitrogens is 1. The van der Waals surface area contributed by atoms with Gasteiger partial charge < -0.3 is 9.84 Å². The lowest BCUT2D eigenvalue weighted by Crippen LogP contribution is -2.04. The van der Waals surface area contributed by atoms with Crippen LogP contribution in [-0.4, -0.2) is 17.2 Å². The summed E-state index contributed by atoms with van der Waals surface area (Å²) in [6, 6.07) is 5.77.